The van der Waals surface area contributed by atoms with Crippen LogP contribution in [0.1, 0.15) is 5.56 Å². The van der Waals surface area contributed by atoms with E-state index in [1.54, 1.807) is 35.7 Å². The lowest BCUT2D eigenvalue weighted by atomic mass is 10.2. The van der Waals surface area contributed by atoms with E-state index in [4.69, 9.17) is 28.0 Å². The number of halogens is 2. The standard InChI is InChI=1S/C16H12Cl2N4OS/c17-12-4-3-11(13(18)8-12)9-23-21-10-20-16-19-6-5-14(22-16)15-2-1-7-24-15/h1-8,10H,9H2,(H,19,20,21,22). The first-order valence-electron chi connectivity index (χ1n) is 6.93. The van der Waals surface area contributed by atoms with Crippen LogP contribution in [-0.2, 0) is 11.4 Å². The molecule has 0 spiro atoms. The molecule has 0 saturated carbocycles. The smallest absolute Gasteiger partial charge is 0.251 e. The molecule has 0 aliphatic carbocycles. The van der Waals surface area contributed by atoms with E-state index in [-0.39, 0.29) is 6.61 Å². The maximum absolute atomic E-state index is 6.06. The van der Waals surface area contributed by atoms with E-state index in [1.807, 2.05) is 23.6 Å². The largest absolute Gasteiger partial charge is 0.270 e. The topological polar surface area (TPSA) is 59.4 Å². The Balaban J connectivity index is 1.54. The van der Waals surface area contributed by atoms with E-state index in [9.17, 15) is 0 Å². The summed E-state index contributed by atoms with van der Waals surface area (Å²) in [5, 5.41) is 3.13. The van der Waals surface area contributed by atoms with Gasteiger partial charge in [-0.15, -0.1) is 11.3 Å². The lowest BCUT2D eigenvalue weighted by Gasteiger charge is -2.05. The average molecular weight is 379 g/mol. The van der Waals surface area contributed by atoms with Crippen LogP contribution in [0.25, 0.3) is 10.6 Å². The number of nitrogens with zero attached hydrogens (tertiary/aromatic N) is 3. The van der Waals surface area contributed by atoms with Gasteiger partial charge < -0.3 is 0 Å². The van der Waals surface area contributed by atoms with E-state index in [2.05, 4.69) is 20.4 Å². The van der Waals surface area contributed by atoms with Gasteiger partial charge in [0.1, 0.15) is 12.9 Å². The van der Waals surface area contributed by atoms with E-state index < -0.39 is 0 Å². The monoisotopic (exact) mass is 378 g/mol. The predicted octanol–water partition coefficient (Wildman–Crippen LogP) is 4.89. The molecule has 8 heteroatoms. The summed E-state index contributed by atoms with van der Waals surface area (Å²) in [6, 6.07) is 11.0. The van der Waals surface area contributed by atoms with Gasteiger partial charge in [0, 0.05) is 16.2 Å². The molecule has 0 amide bonds. The minimum Gasteiger partial charge on any atom is -0.270 e. The van der Waals surface area contributed by atoms with Crippen molar-refractivity contribution in [3.05, 3.63) is 63.6 Å². The van der Waals surface area contributed by atoms with Crippen molar-refractivity contribution in [2.75, 3.05) is 0 Å². The Morgan fingerprint density at radius 3 is 2.96 bits per heavy atom. The molecule has 0 aliphatic heterocycles. The van der Waals surface area contributed by atoms with Gasteiger partial charge in [-0.05, 0) is 35.2 Å². The van der Waals surface area contributed by atoms with Gasteiger partial charge in [-0.1, -0.05) is 35.3 Å². The molecule has 0 atom stereocenters. The molecule has 2 aromatic heterocycles. The highest BCUT2D eigenvalue weighted by Crippen LogP contribution is 2.23. The zero-order chi connectivity index (χ0) is 16.8. The van der Waals surface area contributed by atoms with Crippen LogP contribution in [0.4, 0.5) is 5.95 Å². The van der Waals surface area contributed by atoms with Crippen LogP contribution in [0, 0.1) is 0 Å². The minimum atomic E-state index is 0.276. The van der Waals surface area contributed by atoms with Crippen LogP contribution in [0.15, 0.2) is 53.0 Å². The molecule has 0 saturated heterocycles. The normalized spacial score (nSPS) is 11.1. The first-order valence-corrected chi connectivity index (χ1v) is 8.56. The molecule has 24 heavy (non-hydrogen) atoms. The fourth-order valence-corrected chi connectivity index (χ4v) is 3.01. The molecule has 122 valence electrons. The fraction of sp³-hybridized carbons (Fsp3) is 0.0625. The number of aromatic nitrogens is 2. The molecule has 0 radical (unpaired) electrons. The summed E-state index contributed by atoms with van der Waals surface area (Å²) in [5.41, 5.74) is 4.27. The maximum atomic E-state index is 6.06. The summed E-state index contributed by atoms with van der Waals surface area (Å²) in [6.07, 6.45) is 3.06. The Kier molecular flexibility index (Phi) is 5.77. The Bertz CT molecular complexity index is 840. The first kappa shape index (κ1) is 16.9. The van der Waals surface area contributed by atoms with Crippen molar-refractivity contribution >= 4 is 46.8 Å². The zero-order valence-electron chi connectivity index (χ0n) is 12.3. The molecule has 2 heterocycles. The predicted molar refractivity (Wildman–Crippen MR) is 97.9 cm³/mol. The summed E-state index contributed by atoms with van der Waals surface area (Å²) in [6.45, 7) is 0.276. The molecule has 0 aliphatic rings. The minimum absolute atomic E-state index is 0.276. The second-order valence-corrected chi connectivity index (χ2v) is 6.41. The number of thiophene rings is 1. The van der Waals surface area contributed by atoms with Crippen LogP contribution in [0.2, 0.25) is 10.0 Å². The SMILES string of the molecule is Clc1ccc(CON/C=N\c2nccc(-c3cccs3)n2)c(Cl)c1. The molecular weight excluding hydrogens is 367 g/mol. The lowest BCUT2D eigenvalue weighted by molar-refractivity contribution is 0.0746. The van der Waals surface area contributed by atoms with Crippen LogP contribution in [-0.4, -0.2) is 16.3 Å². The van der Waals surface area contributed by atoms with Crippen molar-refractivity contribution in [3.8, 4) is 10.6 Å². The van der Waals surface area contributed by atoms with E-state index >= 15 is 0 Å². The lowest BCUT2D eigenvalue weighted by Crippen LogP contribution is -2.11. The summed E-state index contributed by atoms with van der Waals surface area (Å²) < 4.78 is 0. The van der Waals surface area contributed by atoms with Crippen LogP contribution in [0.5, 0.6) is 0 Å². The van der Waals surface area contributed by atoms with Crippen LogP contribution in [0.3, 0.4) is 0 Å². The van der Waals surface area contributed by atoms with Gasteiger partial charge >= 0.3 is 0 Å². The van der Waals surface area contributed by atoms with E-state index in [0.717, 1.165) is 16.1 Å². The zero-order valence-corrected chi connectivity index (χ0v) is 14.6. The second kappa shape index (κ2) is 8.21. The van der Waals surface area contributed by atoms with Gasteiger partial charge in [0.15, 0.2) is 0 Å². The molecule has 5 nitrogen and oxygen atoms in total. The van der Waals surface area contributed by atoms with Gasteiger partial charge in [-0.3, -0.25) is 10.3 Å². The third kappa shape index (κ3) is 4.52. The van der Waals surface area contributed by atoms with Gasteiger partial charge in [0.2, 0.25) is 0 Å². The highest BCUT2D eigenvalue weighted by atomic mass is 35.5. The third-order valence-corrected chi connectivity index (χ3v) is 4.45. The molecule has 1 aromatic carbocycles. The highest BCUT2D eigenvalue weighted by molar-refractivity contribution is 7.13. The van der Waals surface area contributed by atoms with Crippen LogP contribution >= 0.6 is 34.5 Å². The van der Waals surface area contributed by atoms with Gasteiger partial charge in [-0.25, -0.2) is 9.97 Å². The molecule has 0 unspecified atom stereocenters. The van der Waals surface area contributed by atoms with Gasteiger partial charge in [0.05, 0.1) is 10.6 Å². The number of hydroxylamine groups is 1. The quantitative estimate of drug-likeness (QED) is 0.287. The van der Waals surface area contributed by atoms with Crippen molar-refractivity contribution in [2.24, 2.45) is 4.99 Å². The van der Waals surface area contributed by atoms with Crippen molar-refractivity contribution in [3.63, 3.8) is 0 Å². The van der Waals surface area contributed by atoms with Crippen molar-refractivity contribution < 1.29 is 4.84 Å². The van der Waals surface area contributed by atoms with Crippen molar-refractivity contribution in [1.29, 1.82) is 0 Å². The number of nitrogens with one attached hydrogen (secondary N) is 1. The molecule has 3 aromatic rings. The number of rotatable bonds is 6. The Morgan fingerprint density at radius 1 is 1.25 bits per heavy atom. The van der Waals surface area contributed by atoms with Crippen molar-refractivity contribution in [2.45, 2.75) is 6.61 Å². The van der Waals surface area contributed by atoms with Gasteiger partial charge in [0.25, 0.3) is 5.95 Å². The molecule has 3 rings (SSSR count). The summed E-state index contributed by atoms with van der Waals surface area (Å²) in [4.78, 5) is 18.9. The average Bonchev–Trinajstić information content (AvgIpc) is 3.11. The fourth-order valence-electron chi connectivity index (χ4n) is 1.85. The number of hydrogen-bond donors (Lipinski definition) is 1. The number of benzene rings is 1. The number of aliphatic imine (C=N–C) groups is 1. The second-order valence-electron chi connectivity index (χ2n) is 4.62. The summed E-state index contributed by atoms with van der Waals surface area (Å²) in [7, 11) is 0. The van der Waals surface area contributed by atoms with Crippen LogP contribution < -0.4 is 5.48 Å². The van der Waals surface area contributed by atoms with E-state index in [0.29, 0.717) is 16.0 Å². The van der Waals surface area contributed by atoms with E-state index in [1.165, 1.54) is 6.34 Å². The summed E-state index contributed by atoms with van der Waals surface area (Å²) in [5.74, 6) is 0.349. The Labute approximate surface area is 152 Å². The first-order chi connectivity index (χ1) is 11.7. The third-order valence-electron chi connectivity index (χ3n) is 2.98. The highest BCUT2D eigenvalue weighted by Gasteiger charge is 2.02. The van der Waals surface area contributed by atoms with Gasteiger partial charge in [-0.2, -0.15) is 4.99 Å². The maximum Gasteiger partial charge on any atom is 0.251 e. The molecule has 0 bridgehead atoms. The summed E-state index contributed by atoms with van der Waals surface area (Å²) >= 11 is 13.5. The molecular formula is C16H12Cl2N4OS. The molecule has 1 N–H and O–H groups in total. The molecule has 0 fully saturated rings. The number of hydrogen-bond acceptors (Lipinski definition) is 5. The Morgan fingerprint density at radius 2 is 2.17 bits per heavy atom. The van der Waals surface area contributed by atoms with Crippen molar-refractivity contribution in [1.82, 2.24) is 15.4 Å². The Hall–Kier alpha value is -1.99.